The van der Waals surface area contributed by atoms with Crippen molar-refractivity contribution in [2.75, 3.05) is 19.6 Å². The molecule has 0 radical (unpaired) electrons. The molecule has 0 N–H and O–H groups in total. The number of rotatable bonds is 7. The second-order valence-corrected chi connectivity index (χ2v) is 11.7. The Bertz CT molecular complexity index is 1150. The van der Waals surface area contributed by atoms with Crippen LogP contribution < -0.4 is 0 Å². The predicted molar refractivity (Wildman–Crippen MR) is 131 cm³/mol. The van der Waals surface area contributed by atoms with Gasteiger partial charge < -0.3 is 23.8 Å². The number of piperidine rings is 1. The van der Waals surface area contributed by atoms with E-state index < -0.39 is 5.60 Å². The van der Waals surface area contributed by atoms with Crippen LogP contribution in [0.3, 0.4) is 0 Å². The van der Waals surface area contributed by atoms with Gasteiger partial charge >= 0.3 is 12.1 Å². The molecule has 6 rings (SSSR count). The van der Waals surface area contributed by atoms with Gasteiger partial charge in [-0.05, 0) is 51.0 Å². The largest absolute Gasteiger partial charge is 0.444 e. The summed E-state index contributed by atoms with van der Waals surface area (Å²) in [4.78, 5) is 35.0. The monoisotopic (exact) mass is 510 g/mol. The number of urea groups is 1. The number of nitrogens with zero attached hydrogens (tertiary/aromatic N) is 4. The molecule has 0 unspecified atom stereocenters. The number of hydrogen-bond acceptors (Lipinski definition) is 7. The zero-order chi connectivity index (χ0) is 25.8. The summed E-state index contributed by atoms with van der Waals surface area (Å²) in [5.74, 6) is 0.613. The zero-order valence-electron chi connectivity index (χ0n) is 21.6. The minimum atomic E-state index is -0.515. The Hall–Kier alpha value is -3.11. The van der Waals surface area contributed by atoms with Gasteiger partial charge in [-0.15, -0.1) is 0 Å². The van der Waals surface area contributed by atoms with Crippen LogP contribution in [0.5, 0.6) is 0 Å². The van der Waals surface area contributed by atoms with Crippen molar-refractivity contribution in [1.82, 2.24) is 20.0 Å². The number of benzene rings is 1. The quantitative estimate of drug-likeness (QED) is 0.549. The van der Waals surface area contributed by atoms with Gasteiger partial charge in [0, 0.05) is 12.6 Å². The topological polar surface area (TPSA) is 97.6 Å². The lowest BCUT2D eigenvalue weighted by atomic mass is 9.84. The Morgan fingerprint density at radius 1 is 1.14 bits per heavy atom. The highest BCUT2D eigenvalue weighted by molar-refractivity contribution is 5.77. The highest BCUT2D eigenvalue weighted by Crippen LogP contribution is 2.61. The number of carbonyl (C=O) groups excluding carboxylic acids is 2. The third kappa shape index (κ3) is 4.80. The summed E-state index contributed by atoms with van der Waals surface area (Å²) in [5, 5.41) is 5.92. The maximum Gasteiger partial charge on any atom is 0.410 e. The van der Waals surface area contributed by atoms with Crippen molar-refractivity contribution >= 4 is 12.1 Å². The first-order valence-electron chi connectivity index (χ1n) is 13.0. The number of ether oxygens (including phenoxy) is 2. The van der Waals surface area contributed by atoms with Gasteiger partial charge in [0.25, 0.3) is 0 Å². The van der Waals surface area contributed by atoms with Gasteiger partial charge in [0.15, 0.2) is 5.76 Å². The third-order valence-electron chi connectivity index (χ3n) is 7.75. The van der Waals surface area contributed by atoms with Gasteiger partial charge in [0.1, 0.15) is 24.5 Å². The molecule has 3 aliphatic heterocycles. The van der Waals surface area contributed by atoms with Gasteiger partial charge in [-0.1, -0.05) is 35.5 Å². The van der Waals surface area contributed by atoms with E-state index in [2.05, 4.69) is 5.16 Å². The van der Waals surface area contributed by atoms with E-state index in [0.29, 0.717) is 32.0 Å². The molecule has 1 spiro atoms. The van der Waals surface area contributed by atoms with Crippen LogP contribution >= 0.6 is 0 Å². The molecule has 2 aromatic rings. The van der Waals surface area contributed by atoms with Crippen LogP contribution in [0.2, 0.25) is 0 Å². The van der Waals surface area contributed by atoms with Gasteiger partial charge in [-0.3, -0.25) is 4.84 Å². The lowest BCUT2D eigenvalue weighted by Gasteiger charge is -2.39. The Labute approximate surface area is 216 Å². The second kappa shape index (κ2) is 9.02. The van der Waals surface area contributed by atoms with Crippen LogP contribution in [-0.2, 0) is 27.5 Å². The molecule has 2 atom stereocenters. The summed E-state index contributed by atoms with van der Waals surface area (Å²) in [6, 6.07) is 11.6. The molecule has 4 heterocycles. The summed E-state index contributed by atoms with van der Waals surface area (Å²) in [5.41, 5.74) is 1.36. The standard InChI is InChI=1S/C27H34N4O6/c1-26(2,3)36-25(33)29-13-20(14-29)34-17-19-11-21(28-37-19)22-12-27(9-10-27)23-15-30(22)24(32)31(23)35-16-18-7-5-4-6-8-18/h4-8,11,20,22-23H,9-10,12-17H2,1-3H3/t22-,23-/m0/s1. The maximum atomic E-state index is 13.3. The highest BCUT2D eigenvalue weighted by Gasteiger charge is 2.63. The lowest BCUT2D eigenvalue weighted by Crippen LogP contribution is -2.55. The first-order chi connectivity index (χ1) is 17.7. The van der Waals surface area contributed by atoms with Crippen molar-refractivity contribution in [1.29, 1.82) is 0 Å². The van der Waals surface area contributed by atoms with Gasteiger partial charge in [-0.2, -0.15) is 5.06 Å². The number of carbonyl (C=O) groups is 2. The van der Waals surface area contributed by atoms with Crippen molar-refractivity contribution in [3.63, 3.8) is 0 Å². The van der Waals surface area contributed by atoms with Crippen LogP contribution in [0, 0.1) is 5.41 Å². The summed E-state index contributed by atoms with van der Waals surface area (Å²) in [6.07, 6.45) is 2.64. The SMILES string of the molecule is CC(C)(C)OC(=O)N1CC(OCc2cc([C@@H]3CC4(CC4)[C@@H]4CN3C(=O)N4OCc3ccccc3)no2)C1. The summed E-state index contributed by atoms with van der Waals surface area (Å²) >= 11 is 0. The second-order valence-electron chi connectivity index (χ2n) is 11.7. The molecule has 1 aromatic carbocycles. The van der Waals surface area contributed by atoms with Crippen molar-refractivity contribution in [2.45, 2.75) is 77.0 Å². The number of hydroxylamine groups is 2. The minimum absolute atomic E-state index is 0.0679. The van der Waals surface area contributed by atoms with E-state index >= 15 is 0 Å². The van der Waals surface area contributed by atoms with Crippen LogP contribution in [0.25, 0.3) is 0 Å². The molecule has 198 valence electrons. The number of likely N-dealkylation sites (tertiary alicyclic amines) is 1. The van der Waals surface area contributed by atoms with E-state index in [-0.39, 0.29) is 42.3 Å². The van der Waals surface area contributed by atoms with Crippen molar-refractivity contribution in [3.05, 3.63) is 53.4 Å². The number of amides is 3. The fourth-order valence-corrected chi connectivity index (χ4v) is 5.53. The molecule has 37 heavy (non-hydrogen) atoms. The van der Waals surface area contributed by atoms with E-state index in [4.69, 9.17) is 18.8 Å². The smallest absolute Gasteiger partial charge is 0.410 e. The van der Waals surface area contributed by atoms with Crippen LogP contribution in [0.15, 0.2) is 40.9 Å². The molecule has 1 saturated carbocycles. The third-order valence-corrected chi connectivity index (χ3v) is 7.75. The molecule has 10 heteroatoms. The Kier molecular flexibility index (Phi) is 5.91. The van der Waals surface area contributed by atoms with E-state index in [9.17, 15) is 9.59 Å². The first kappa shape index (κ1) is 24.2. The molecular weight excluding hydrogens is 476 g/mol. The van der Waals surface area contributed by atoms with Gasteiger partial charge in [-0.25, -0.2) is 9.59 Å². The molecule has 1 aromatic heterocycles. The molecule has 4 fully saturated rings. The normalized spacial score (nSPS) is 24.5. The van der Waals surface area contributed by atoms with Crippen molar-refractivity contribution in [2.24, 2.45) is 5.41 Å². The van der Waals surface area contributed by atoms with Crippen LogP contribution in [0.1, 0.15) is 63.1 Å². The zero-order valence-corrected chi connectivity index (χ0v) is 21.6. The number of fused-ring (bicyclic) bond motifs is 3. The Morgan fingerprint density at radius 3 is 2.59 bits per heavy atom. The molecular formula is C27H34N4O6. The average Bonchev–Trinajstić information content (AvgIpc) is 3.31. The van der Waals surface area contributed by atoms with Crippen LogP contribution in [0.4, 0.5) is 9.59 Å². The highest BCUT2D eigenvalue weighted by atomic mass is 16.7. The van der Waals surface area contributed by atoms with Crippen LogP contribution in [-0.4, -0.2) is 69.5 Å². The van der Waals surface area contributed by atoms with Gasteiger partial charge in [0.05, 0.1) is 31.3 Å². The molecule has 3 amide bonds. The minimum Gasteiger partial charge on any atom is -0.444 e. The van der Waals surface area contributed by atoms with E-state index in [1.807, 2.05) is 62.1 Å². The fourth-order valence-electron chi connectivity index (χ4n) is 5.53. The summed E-state index contributed by atoms with van der Waals surface area (Å²) < 4.78 is 16.9. The van der Waals surface area contributed by atoms with E-state index in [1.165, 1.54) is 0 Å². The summed E-state index contributed by atoms with van der Waals surface area (Å²) in [7, 11) is 0. The molecule has 10 nitrogen and oxygen atoms in total. The van der Waals surface area contributed by atoms with E-state index in [0.717, 1.165) is 30.5 Å². The number of hydrogen-bond donors (Lipinski definition) is 0. The van der Waals surface area contributed by atoms with E-state index in [1.54, 1.807) is 9.96 Å². The van der Waals surface area contributed by atoms with Crippen molar-refractivity contribution < 1.29 is 28.4 Å². The maximum absolute atomic E-state index is 13.3. The van der Waals surface area contributed by atoms with Gasteiger partial charge in [0.2, 0.25) is 0 Å². The fraction of sp³-hybridized carbons (Fsp3) is 0.593. The molecule has 1 aliphatic carbocycles. The summed E-state index contributed by atoms with van der Waals surface area (Å²) in [6.45, 7) is 7.80. The molecule has 2 bridgehead atoms. The molecule has 4 aliphatic rings. The Morgan fingerprint density at radius 2 is 1.89 bits per heavy atom. The molecule has 3 saturated heterocycles. The number of aromatic nitrogens is 1. The lowest BCUT2D eigenvalue weighted by molar-refractivity contribution is -0.153. The predicted octanol–water partition coefficient (Wildman–Crippen LogP) is 4.27. The average molecular weight is 511 g/mol. The van der Waals surface area contributed by atoms with Crippen molar-refractivity contribution in [3.8, 4) is 0 Å². The Balaban J connectivity index is 1.05. The first-order valence-corrected chi connectivity index (χ1v) is 13.0.